The van der Waals surface area contributed by atoms with Crippen LogP contribution in [-0.4, -0.2) is 55.0 Å². The van der Waals surface area contributed by atoms with E-state index in [1.807, 2.05) is 0 Å². The average Bonchev–Trinajstić information content (AvgIpc) is 2.90. The van der Waals surface area contributed by atoms with Gasteiger partial charge in [-0.2, -0.15) is 17.0 Å². The second-order valence-electron chi connectivity index (χ2n) is 6.55. The standard InChI is InChI=1S/C18H28N4O4S/c1-3-21(27(25,26)22-12-6-4-5-7-13-22)14-18(24)20-17-10-8-16(9-11-17)19-15(2)23/h8-11H,3-7,12-14H2,1-2H3,(H,19,23)(H,20,24). The zero-order valence-electron chi connectivity index (χ0n) is 15.9. The Balaban J connectivity index is 1.98. The molecule has 1 aliphatic heterocycles. The van der Waals surface area contributed by atoms with Gasteiger partial charge in [0, 0.05) is 37.9 Å². The van der Waals surface area contributed by atoms with Crippen LogP contribution in [0, 0.1) is 0 Å². The van der Waals surface area contributed by atoms with Crippen LogP contribution in [0.4, 0.5) is 11.4 Å². The number of nitrogens with one attached hydrogen (secondary N) is 2. The van der Waals surface area contributed by atoms with Crippen LogP contribution in [0.5, 0.6) is 0 Å². The Morgan fingerprint density at radius 1 is 1.00 bits per heavy atom. The second-order valence-corrected chi connectivity index (χ2v) is 8.48. The molecule has 0 atom stereocenters. The molecule has 2 amide bonds. The number of rotatable bonds is 7. The summed E-state index contributed by atoms with van der Waals surface area (Å²) in [5.74, 6) is -0.577. The van der Waals surface area contributed by atoms with Crippen molar-refractivity contribution in [3.63, 3.8) is 0 Å². The lowest BCUT2D eigenvalue weighted by atomic mass is 10.2. The first-order valence-corrected chi connectivity index (χ1v) is 10.7. The molecule has 27 heavy (non-hydrogen) atoms. The number of benzene rings is 1. The number of hydrogen-bond acceptors (Lipinski definition) is 4. The van der Waals surface area contributed by atoms with E-state index in [0.29, 0.717) is 24.5 Å². The number of likely N-dealkylation sites (N-methyl/N-ethyl adjacent to an activating group) is 1. The number of nitrogens with zero attached hydrogens (tertiary/aromatic N) is 2. The van der Waals surface area contributed by atoms with Crippen LogP contribution in [0.2, 0.25) is 0 Å². The number of hydrogen-bond donors (Lipinski definition) is 2. The summed E-state index contributed by atoms with van der Waals surface area (Å²) in [6, 6.07) is 6.65. The molecule has 8 nitrogen and oxygen atoms in total. The molecule has 1 aliphatic rings. The Bertz CT molecular complexity index is 741. The fourth-order valence-corrected chi connectivity index (χ4v) is 4.65. The first kappa shape index (κ1) is 21.3. The van der Waals surface area contributed by atoms with Gasteiger partial charge in [-0.1, -0.05) is 19.8 Å². The molecule has 1 fully saturated rings. The highest BCUT2D eigenvalue weighted by Gasteiger charge is 2.30. The summed E-state index contributed by atoms with van der Waals surface area (Å²) < 4.78 is 28.4. The Kier molecular flexibility index (Phi) is 7.76. The normalized spacial score (nSPS) is 16.0. The molecule has 0 aromatic heterocycles. The summed E-state index contributed by atoms with van der Waals surface area (Å²) in [4.78, 5) is 23.4. The number of carbonyl (C=O) groups excluding carboxylic acids is 2. The molecule has 2 rings (SSSR count). The van der Waals surface area contributed by atoms with Gasteiger partial charge in [0.1, 0.15) is 0 Å². The predicted octanol–water partition coefficient (Wildman–Crippen LogP) is 2.03. The lowest BCUT2D eigenvalue weighted by molar-refractivity contribution is -0.116. The first-order valence-electron chi connectivity index (χ1n) is 9.25. The number of amides is 2. The highest BCUT2D eigenvalue weighted by molar-refractivity contribution is 7.86. The van der Waals surface area contributed by atoms with Crippen molar-refractivity contribution < 1.29 is 18.0 Å². The SMILES string of the molecule is CCN(CC(=O)Nc1ccc(NC(C)=O)cc1)S(=O)(=O)N1CCCCCC1. The lowest BCUT2D eigenvalue weighted by Crippen LogP contribution is -2.47. The summed E-state index contributed by atoms with van der Waals surface area (Å²) in [6.45, 7) is 4.15. The van der Waals surface area contributed by atoms with Crippen LogP contribution in [0.15, 0.2) is 24.3 Å². The largest absolute Gasteiger partial charge is 0.326 e. The van der Waals surface area contributed by atoms with Crippen molar-refractivity contribution in [1.29, 1.82) is 0 Å². The lowest BCUT2D eigenvalue weighted by Gasteiger charge is -2.27. The highest BCUT2D eigenvalue weighted by Crippen LogP contribution is 2.17. The monoisotopic (exact) mass is 396 g/mol. The minimum atomic E-state index is -3.65. The summed E-state index contributed by atoms with van der Waals surface area (Å²) in [5, 5.41) is 5.34. The highest BCUT2D eigenvalue weighted by atomic mass is 32.2. The molecule has 1 saturated heterocycles. The van der Waals surface area contributed by atoms with E-state index in [2.05, 4.69) is 10.6 Å². The fourth-order valence-electron chi connectivity index (χ4n) is 2.99. The molecule has 150 valence electrons. The van der Waals surface area contributed by atoms with Crippen molar-refractivity contribution in [2.24, 2.45) is 0 Å². The first-order chi connectivity index (χ1) is 12.8. The van der Waals surface area contributed by atoms with E-state index in [1.165, 1.54) is 15.5 Å². The van der Waals surface area contributed by atoms with Crippen LogP contribution in [-0.2, 0) is 19.8 Å². The van der Waals surface area contributed by atoms with Gasteiger partial charge in [0.2, 0.25) is 11.8 Å². The Hall–Kier alpha value is -1.97. The molecule has 0 spiro atoms. The number of anilines is 2. The summed E-state index contributed by atoms with van der Waals surface area (Å²) in [5.41, 5.74) is 1.16. The van der Waals surface area contributed by atoms with E-state index < -0.39 is 16.1 Å². The molecule has 1 heterocycles. The fraction of sp³-hybridized carbons (Fsp3) is 0.556. The summed E-state index contributed by atoms with van der Waals surface area (Å²) >= 11 is 0. The van der Waals surface area contributed by atoms with E-state index in [0.717, 1.165) is 25.7 Å². The van der Waals surface area contributed by atoms with Crippen LogP contribution >= 0.6 is 0 Å². The molecule has 1 aromatic rings. The molecule has 0 aliphatic carbocycles. The van der Waals surface area contributed by atoms with Crippen LogP contribution in [0.1, 0.15) is 39.5 Å². The second kappa shape index (κ2) is 9.82. The quantitative estimate of drug-likeness (QED) is 0.737. The number of carbonyl (C=O) groups is 2. The van der Waals surface area contributed by atoms with E-state index in [1.54, 1.807) is 31.2 Å². The Morgan fingerprint density at radius 2 is 1.52 bits per heavy atom. The van der Waals surface area contributed by atoms with Gasteiger partial charge in [-0.15, -0.1) is 0 Å². The molecule has 0 bridgehead atoms. The third kappa shape index (κ3) is 6.30. The van der Waals surface area contributed by atoms with Gasteiger partial charge in [0.05, 0.1) is 6.54 Å². The minimum absolute atomic E-state index is 0.177. The molecule has 9 heteroatoms. The maximum atomic E-state index is 12.8. The van der Waals surface area contributed by atoms with Gasteiger partial charge in [0.25, 0.3) is 10.2 Å². The Labute approximate surface area is 161 Å². The molecule has 0 unspecified atom stereocenters. The smallest absolute Gasteiger partial charge is 0.282 e. The third-order valence-corrected chi connectivity index (χ3v) is 6.44. The van der Waals surface area contributed by atoms with Gasteiger partial charge in [-0.3, -0.25) is 9.59 Å². The maximum Gasteiger partial charge on any atom is 0.282 e. The van der Waals surface area contributed by atoms with E-state index >= 15 is 0 Å². The van der Waals surface area contributed by atoms with Crippen molar-refractivity contribution in [2.75, 3.05) is 36.8 Å². The van der Waals surface area contributed by atoms with Gasteiger partial charge in [0.15, 0.2) is 0 Å². The topological polar surface area (TPSA) is 98.8 Å². The van der Waals surface area contributed by atoms with Crippen molar-refractivity contribution >= 4 is 33.4 Å². The molecule has 2 N–H and O–H groups in total. The van der Waals surface area contributed by atoms with Crippen LogP contribution in [0.25, 0.3) is 0 Å². The van der Waals surface area contributed by atoms with Crippen molar-refractivity contribution in [3.8, 4) is 0 Å². The third-order valence-electron chi connectivity index (χ3n) is 4.38. The van der Waals surface area contributed by atoms with Crippen molar-refractivity contribution in [1.82, 2.24) is 8.61 Å². The zero-order valence-corrected chi connectivity index (χ0v) is 16.7. The summed E-state index contributed by atoms with van der Waals surface area (Å²) in [6.07, 6.45) is 3.77. The zero-order chi connectivity index (χ0) is 19.9. The average molecular weight is 397 g/mol. The molecule has 0 radical (unpaired) electrons. The molecule has 0 saturated carbocycles. The van der Waals surface area contributed by atoms with Gasteiger partial charge >= 0.3 is 0 Å². The Morgan fingerprint density at radius 3 is 2.00 bits per heavy atom. The molecule has 1 aromatic carbocycles. The van der Waals surface area contributed by atoms with E-state index in [4.69, 9.17) is 0 Å². The molecular formula is C18H28N4O4S. The van der Waals surface area contributed by atoms with Crippen molar-refractivity contribution in [2.45, 2.75) is 39.5 Å². The van der Waals surface area contributed by atoms with Gasteiger partial charge < -0.3 is 10.6 Å². The van der Waals surface area contributed by atoms with E-state index in [-0.39, 0.29) is 19.0 Å². The predicted molar refractivity (Wildman–Crippen MR) is 106 cm³/mol. The summed E-state index contributed by atoms with van der Waals surface area (Å²) in [7, 11) is -3.65. The minimum Gasteiger partial charge on any atom is -0.326 e. The van der Waals surface area contributed by atoms with Crippen LogP contribution < -0.4 is 10.6 Å². The van der Waals surface area contributed by atoms with Crippen molar-refractivity contribution in [3.05, 3.63) is 24.3 Å². The maximum absolute atomic E-state index is 12.8. The van der Waals surface area contributed by atoms with Crippen LogP contribution in [0.3, 0.4) is 0 Å². The van der Waals surface area contributed by atoms with Gasteiger partial charge in [-0.05, 0) is 37.1 Å². The van der Waals surface area contributed by atoms with Gasteiger partial charge in [-0.25, -0.2) is 0 Å². The van der Waals surface area contributed by atoms with E-state index in [9.17, 15) is 18.0 Å². The molecular weight excluding hydrogens is 368 g/mol.